The van der Waals surface area contributed by atoms with Gasteiger partial charge in [-0.3, -0.25) is 0 Å². The lowest BCUT2D eigenvalue weighted by Gasteiger charge is -2.28. The van der Waals surface area contributed by atoms with Crippen molar-refractivity contribution in [3.05, 3.63) is 93.9 Å². The third kappa shape index (κ3) is 14.4. The van der Waals surface area contributed by atoms with E-state index in [4.69, 9.17) is 35.6 Å². The number of nitriles is 2. The number of ether oxygens (including phenoxy) is 2. The third-order valence-electron chi connectivity index (χ3n) is 5.22. The molecule has 3 aromatic rings. The highest BCUT2D eigenvalue weighted by Gasteiger charge is 2.37. The first kappa shape index (κ1) is 42.8. The molecule has 0 radical (unpaired) electrons. The summed E-state index contributed by atoms with van der Waals surface area (Å²) in [6, 6.07) is 20.8. The van der Waals surface area contributed by atoms with Gasteiger partial charge in [-0.25, -0.2) is 9.78 Å². The SMILES string of the molecule is CCO.CCO.CCO.CCO.CCOC(=O)C1=C(CSc2nc(-c3cccs3)ccc2C#N)OC(N)=C(C#N)C1c1ccccc1. The quantitative estimate of drug-likeness (QED) is 0.163. The van der Waals surface area contributed by atoms with Crippen LogP contribution in [-0.2, 0) is 14.3 Å². The second kappa shape index (κ2) is 25.9. The fourth-order valence-corrected chi connectivity index (χ4v) is 5.28. The van der Waals surface area contributed by atoms with Gasteiger partial charge in [0.1, 0.15) is 28.5 Å². The summed E-state index contributed by atoms with van der Waals surface area (Å²) in [7, 11) is 0. The van der Waals surface area contributed by atoms with Gasteiger partial charge >= 0.3 is 5.97 Å². The van der Waals surface area contributed by atoms with Crippen LogP contribution in [0.15, 0.2) is 87.8 Å². The molecule has 11 nitrogen and oxygen atoms in total. The lowest BCUT2D eigenvalue weighted by Crippen LogP contribution is -2.27. The Balaban J connectivity index is 0.00000154. The van der Waals surface area contributed by atoms with Crippen LogP contribution in [-0.4, -0.2) is 70.2 Å². The molecular weight excluding hydrogens is 641 g/mol. The van der Waals surface area contributed by atoms with E-state index in [9.17, 15) is 15.3 Å². The van der Waals surface area contributed by atoms with E-state index in [1.807, 2.05) is 47.8 Å². The van der Waals surface area contributed by atoms with Crippen molar-refractivity contribution in [2.24, 2.45) is 5.73 Å². The van der Waals surface area contributed by atoms with E-state index in [1.165, 1.54) is 11.8 Å². The van der Waals surface area contributed by atoms with Gasteiger partial charge in [-0.15, -0.1) is 11.3 Å². The van der Waals surface area contributed by atoms with Gasteiger partial charge in [-0.05, 0) is 63.8 Å². The first-order chi connectivity index (χ1) is 22.7. The summed E-state index contributed by atoms with van der Waals surface area (Å²) in [5.41, 5.74) is 8.36. The van der Waals surface area contributed by atoms with Gasteiger partial charge in [0.15, 0.2) is 0 Å². The van der Waals surface area contributed by atoms with Crippen LogP contribution in [0.4, 0.5) is 0 Å². The number of nitrogens with two attached hydrogens (primary N) is 1. The molecule has 254 valence electrons. The Hall–Kier alpha value is -4.21. The predicted molar refractivity (Wildman–Crippen MR) is 185 cm³/mol. The molecule has 0 amide bonds. The number of benzene rings is 1. The van der Waals surface area contributed by atoms with Crippen molar-refractivity contribution >= 4 is 29.1 Å². The molecule has 0 aliphatic carbocycles. The summed E-state index contributed by atoms with van der Waals surface area (Å²) in [4.78, 5) is 18.7. The average Bonchev–Trinajstić information content (AvgIpc) is 3.61. The maximum atomic E-state index is 13.1. The number of thiophene rings is 1. The van der Waals surface area contributed by atoms with Gasteiger partial charge in [0.25, 0.3) is 0 Å². The highest BCUT2D eigenvalue weighted by Crippen LogP contribution is 2.41. The predicted octanol–water partition coefficient (Wildman–Crippen LogP) is 5.09. The van der Waals surface area contributed by atoms with Crippen molar-refractivity contribution in [1.82, 2.24) is 4.98 Å². The molecule has 2 aromatic heterocycles. The molecule has 1 aliphatic rings. The minimum atomic E-state index is -0.731. The summed E-state index contributed by atoms with van der Waals surface area (Å²) >= 11 is 2.81. The topological polar surface area (TPSA) is 203 Å². The lowest BCUT2D eigenvalue weighted by atomic mass is 9.83. The maximum absolute atomic E-state index is 13.1. The van der Waals surface area contributed by atoms with Crippen LogP contribution >= 0.6 is 23.1 Å². The van der Waals surface area contributed by atoms with E-state index in [-0.39, 0.29) is 61.6 Å². The Kier molecular flexibility index (Phi) is 23.6. The van der Waals surface area contributed by atoms with Crippen LogP contribution in [0.1, 0.15) is 51.7 Å². The number of hydrogen-bond acceptors (Lipinski definition) is 13. The molecule has 0 fully saturated rings. The van der Waals surface area contributed by atoms with Crippen molar-refractivity contribution in [2.75, 3.05) is 38.8 Å². The zero-order valence-electron chi connectivity index (χ0n) is 27.3. The number of aliphatic hydroxyl groups excluding tert-OH is 4. The Morgan fingerprint density at radius 2 is 1.53 bits per heavy atom. The number of rotatable bonds is 7. The van der Waals surface area contributed by atoms with Crippen molar-refractivity contribution < 1.29 is 34.7 Å². The number of esters is 1. The molecule has 1 aromatic carbocycles. The highest BCUT2D eigenvalue weighted by molar-refractivity contribution is 7.99. The molecule has 0 bridgehead atoms. The third-order valence-corrected chi connectivity index (χ3v) is 7.10. The van der Waals surface area contributed by atoms with Crippen LogP contribution in [0.3, 0.4) is 0 Å². The molecule has 0 spiro atoms. The standard InChI is InChI=1S/C26H20N4O3S2.4C2H6O/c1-2-32-26(31)23-20(33-24(29)18(14-28)22(23)16-7-4-3-5-8-16)15-35-25-17(13-27)10-11-19(30-25)21-9-6-12-34-21;4*1-2-3/h3-12,22H,2,15,29H2,1H3;4*3H,2H2,1H3. The van der Waals surface area contributed by atoms with Crippen molar-refractivity contribution in [3.8, 4) is 22.7 Å². The van der Waals surface area contributed by atoms with Crippen LogP contribution in [0.5, 0.6) is 0 Å². The minimum absolute atomic E-state index is 0.0641. The van der Waals surface area contributed by atoms with E-state index in [2.05, 4.69) is 17.1 Å². The number of carbonyl (C=O) groups excluding carboxylic acids is 1. The van der Waals surface area contributed by atoms with Crippen LogP contribution in [0.25, 0.3) is 10.6 Å². The summed E-state index contributed by atoms with van der Waals surface area (Å²) in [5, 5.41) is 52.2. The summed E-state index contributed by atoms with van der Waals surface area (Å²) in [6.45, 7) is 9.59. The second-order valence-electron chi connectivity index (χ2n) is 8.58. The van der Waals surface area contributed by atoms with E-state index < -0.39 is 11.9 Å². The summed E-state index contributed by atoms with van der Waals surface area (Å²) in [5.74, 6) is -0.952. The molecular formula is C34H44N4O7S2. The zero-order chi connectivity index (χ0) is 35.6. The van der Waals surface area contributed by atoms with E-state index >= 15 is 0 Å². The number of aromatic nitrogens is 1. The van der Waals surface area contributed by atoms with Gasteiger partial charge in [0.2, 0.25) is 5.88 Å². The van der Waals surface area contributed by atoms with Crippen molar-refractivity contribution in [1.29, 1.82) is 10.5 Å². The Labute approximate surface area is 285 Å². The molecule has 13 heteroatoms. The average molecular weight is 685 g/mol. The number of nitrogens with zero attached hydrogens (tertiary/aromatic N) is 3. The van der Waals surface area contributed by atoms with Gasteiger partial charge < -0.3 is 35.6 Å². The van der Waals surface area contributed by atoms with Crippen molar-refractivity contribution in [3.63, 3.8) is 0 Å². The maximum Gasteiger partial charge on any atom is 0.338 e. The van der Waals surface area contributed by atoms with Crippen LogP contribution in [0, 0.1) is 22.7 Å². The molecule has 0 saturated carbocycles. The van der Waals surface area contributed by atoms with E-state index in [0.29, 0.717) is 10.6 Å². The van der Waals surface area contributed by atoms with Crippen LogP contribution in [0.2, 0.25) is 0 Å². The first-order valence-corrected chi connectivity index (χ1v) is 16.6. The summed E-state index contributed by atoms with van der Waals surface area (Å²) < 4.78 is 11.1. The van der Waals surface area contributed by atoms with Gasteiger partial charge in [-0.1, -0.05) is 48.2 Å². The first-order valence-electron chi connectivity index (χ1n) is 14.8. The van der Waals surface area contributed by atoms with E-state index in [1.54, 1.807) is 58.1 Å². The fraction of sp³-hybridized carbons (Fsp3) is 0.353. The Morgan fingerprint density at radius 1 is 0.936 bits per heavy atom. The molecule has 3 heterocycles. The summed E-state index contributed by atoms with van der Waals surface area (Å²) in [6.07, 6.45) is 0. The molecule has 1 unspecified atom stereocenters. The zero-order valence-corrected chi connectivity index (χ0v) is 29.0. The molecule has 1 aliphatic heterocycles. The number of hydrogen-bond donors (Lipinski definition) is 5. The second-order valence-corrected chi connectivity index (χ2v) is 10.5. The number of aliphatic hydroxyl groups is 4. The number of thioether (sulfide) groups is 1. The molecule has 6 N–H and O–H groups in total. The number of allylic oxidation sites excluding steroid dienone is 1. The Bertz CT molecular complexity index is 1460. The molecule has 0 saturated heterocycles. The van der Waals surface area contributed by atoms with Gasteiger partial charge in [-0.2, -0.15) is 10.5 Å². The smallest absolute Gasteiger partial charge is 0.338 e. The number of carbonyl (C=O) groups is 1. The minimum Gasteiger partial charge on any atom is -0.463 e. The molecule has 1 atom stereocenters. The normalized spacial score (nSPS) is 12.9. The largest absolute Gasteiger partial charge is 0.463 e. The van der Waals surface area contributed by atoms with Crippen LogP contribution < -0.4 is 5.73 Å². The highest BCUT2D eigenvalue weighted by atomic mass is 32.2. The number of pyridine rings is 1. The molecule has 4 rings (SSSR count). The molecule has 47 heavy (non-hydrogen) atoms. The van der Waals surface area contributed by atoms with E-state index in [0.717, 1.165) is 16.1 Å². The fourth-order valence-electron chi connectivity index (χ4n) is 3.67. The Morgan fingerprint density at radius 3 is 2.02 bits per heavy atom. The van der Waals surface area contributed by atoms with Gasteiger partial charge in [0.05, 0.1) is 40.0 Å². The lowest BCUT2D eigenvalue weighted by molar-refractivity contribution is -0.139. The van der Waals surface area contributed by atoms with Gasteiger partial charge in [0, 0.05) is 26.4 Å². The monoisotopic (exact) mass is 684 g/mol. The van der Waals surface area contributed by atoms with Crippen molar-refractivity contribution in [2.45, 2.75) is 45.6 Å².